The Hall–Kier alpha value is -1.52. The number of unbranched alkanes of at least 4 members (excludes halogenated alkanes) is 7. The van der Waals surface area contributed by atoms with E-state index < -0.39 is 12.1 Å². The summed E-state index contributed by atoms with van der Waals surface area (Å²) in [5, 5.41) is 2.38. The van der Waals surface area contributed by atoms with Crippen molar-refractivity contribution < 1.29 is 19.1 Å². The van der Waals surface area contributed by atoms with Crippen molar-refractivity contribution in [3.8, 4) is 0 Å². The van der Waals surface area contributed by atoms with Gasteiger partial charge in [-0.2, -0.15) is 0 Å². The van der Waals surface area contributed by atoms with Gasteiger partial charge < -0.3 is 14.8 Å². The molecule has 0 aliphatic rings. The van der Waals surface area contributed by atoms with Crippen LogP contribution in [0.25, 0.3) is 0 Å². The summed E-state index contributed by atoms with van der Waals surface area (Å²) in [5.74, 6) is -0.148. The molecule has 23 heavy (non-hydrogen) atoms. The average molecular weight is 327 g/mol. The Labute approximate surface area is 140 Å². The number of nitrogens with one attached hydrogen (secondary N) is 1. The number of hydrogen-bond acceptors (Lipinski definition) is 4. The quantitative estimate of drug-likeness (QED) is 0.295. The smallest absolute Gasteiger partial charge is 0.407 e. The largest absolute Gasteiger partial charge is 0.464 e. The number of allylic oxidation sites excluding steroid dienone is 1. The van der Waals surface area contributed by atoms with Crippen molar-refractivity contribution in [2.24, 2.45) is 5.92 Å². The molecule has 0 saturated heterocycles. The lowest BCUT2D eigenvalue weighted by Gasteiger charge is -2.09. The Bertz CT molecular complexity index is 329. The third-order valence-electron chi connectivity index (χ3n) is 3.24. The van der Waals surface area contributed by atoms with Crippen molar-refractivity contribution in [3.63, 3.8) is 0 Å². The van der Waals surface area contributed by atoms with Gasteiger partial charge >= 0.3 is 12.1 Å². The van der Waals surface area contributed by atoms with Gasteiger partial charge in [-0.3, -0.25) is 4.79 Å². The van der Waals surface area contributed by atoms with Crippen molar-refractivity contribution >= 4 is 12.1 Å². The van der Waals surface area contributed by atoms with Crippen molar-refractivity contribution in [1.29, 1.82) is 0 Å². The van der Waals surface area contributed by atoms with Crippen LogP contribution in [0, 0.1) is 5.92 Å². The van der Waals surface area contributed by atoms with Crippen LogP contribution in [0.4, 0.5) is 4.79 Å². The standard InChI is InChI=1S/C18H33NO4/c1-4-5-6-7-8-9-10-11-12-13-22-17(20)14-19-18(21)23-15-16(2)3/h4,16H,1,5-15H2,2-3H3,(H,19,21). The van der Waals surface area contributed by atoms with E-state index in [0.29, 0.717) is 13.2 Å². The molecule has 0 unspecified atom stereocenters. The maximum Gasteiger partial charge on any atom is 0.407 e. The average Bonchev–Trinajstić information content (AvgIpc) is 2.52. The summed E-state index contributed by atoms with van der Waals surface area (Å²) in [7, 11) is 0. The zero-order chi connectivity index (χ0) is 17.3. The highest BCUT2D eigenvalue weighted by molar-refractivity contribution is 5.77. The van der Waals surface area contributed by atoms with E-state index in [1.807, 2.05) is 19.9 Å². The number of amides is 1. The molecular formula is C18H33NO4. The molecule has 0 spiro atoms. The second-order valence-electron chi connectivity index (χ2n) is 6.12. The van der Waals surface area contributed by atoms with Gasteiger partial charge in [0.25, 0.3) is 0 Å². The molecule has 0 atom stereocenters. The molecule has 0 fully saturated rings. The zero-order valence-corrected chi connectivity index (χ0v) is 14.8. The van der Waals surface area contributed by atoms with E-state index in [-0.39, 0.29) is 12.5 Å². The Morgan fingerprint density at radius 1 is 1.00 bits per heavy atom. The van der Waals surface area contributed by atoms with Gasteiger partial charge in [0.1, 0.15) is 6.54 Å². The van der Waals surface area contributed by atoms with E-state index in [1.165, 1.54) is 32.1 Å². The van der Waals surface area contributed by atoms with Gasteiger partial charge in [0, 0.05) is 0 Å². The van der Waals surface area contributed by atoms with E-state index in [1.54, 1.807) is 0 Å². The van der Waals surface area contributed by atoms with Gasteiger partial charge in [0.15, 0.2) is 0 Å². The molecule has 0 aromatic rings. The molecule has 0 aromatic heterocycles. The number of carbonyl (C=O) groups is 2. The predicted molar refractivity (Wildman–Crippen MR) is 92.3 cm³/mol. The first kappa shape index (κ1) is 21.5. The number of rotatable bonds is 14. The van der Waals surface area contributed by atoms with Crippen LogP contribution in [-0.2, 0) is 14.3 Å². The van der Waals surface area contributed by atoms with Gasteiger partial charge in [-0.1, -0.05) is 52.0 Å². The normalized spacial score (nSPS) is 10.4. The fourth-order valence-corrected chi connectivity index (χ4v) is 1.95. The molecule has 5 nitrogen and oxygen atoms in total. The van der Waals surface area contributed by atoms with E-state index in [4.69, 9.17) is 9.47 Å². The summed E-state index contributed by atoms with van der Waals surface area (Å²) in [4.78, 5) is 22.7. The van der Waals surface area contributed by atoms with Crippen molar-refractivity contribution in [2.45, 2.75) is 65.2 Å². The topological polar surface area (TPSA) is 64.6 Å². The third-order valence-corrected chi connectivity index (χ3v) is 3.24. The molecule has 0 aliphatic carbocycles. The highest BCUT2D eigenvalue weighted by Crippen LogP contribution is 2.08. The van der Waals surface area contributed by atoms with Crippen LogP contribution in [-0.4, -0.2) is 31.8 Å². The van der Waals surface area contributed by atoms with Crippen molar-refractivity contribution in [2.75, 3.05) is 19.8 Å². The van der Waals surface area contributed by atoms with Crippen LogP contribution in [0.15, 0.2) is 12.7 Å². The summed E-state index contributed by atoms with van der Waals surface area (Å²) in [6.07, 6.45) is 10.6. The molecule has 134 valence electrons. The Balaban J connectivity index is 3.33. The zero-order valence-electron chi connectivity index (χ0n) is 14.8. The van der Waals surface area contributed by atoms with Crippen LogP contribution in [0.2, 0.25) is 0 Å². The summed E-state index contributed by atoms with van der Waals surface area (Å²) in [6, 6.07) is 0. The van der Waals surface area contributed by atoms with E-state index in [2.05, 4.69) is 11.9 Å². The summed E-state index contributed by atoms with van der Waals surface area (Å²) in [5.41, 5.74) is 0. The lowest BCUT2D eigenvalue weighted by Crippen LogP contribution is -2.32. The molecule has 0 radical (unpaired) electrons. The maximum absolute atomic E-state index is 11.4. The maximum atomic E-state index is 11.4. The molecular weight excluding hydrogens is 294 g/mol. The van der Waals surface area contributed by atoms with Gasteiger partial charge in [-0.25, -0.2) is 4.79 Å². The third kappa shape index (κ3) is 16.7. The summed E-state index contributed by atoms with van der Waals surface area (Å²) in [6.45, 7) is 8.22. The van der Waals surface area contributed by atoms with E-state index in [0.717, 1.165) is 19.3 Å². The van der Waals surface area contributed by atoms with Gasteiger partial charge in [0.2, 0.25) is 0 Å². The predicted octanol–water partition coefficient (Wildman–Crippen LogP) is 4.22. The molecule has 0 bridgehead atoms. The second kappa shape index (κ2) is 15.4. The molecule has 0 heterocycles. The highest BCUT2D eigenvalue weighted by atomic mass is 16.6. The number of carbonyl (C=O) groups excluding carboxylic acids is 2. The fourth-order valence-electron chi connectivity index (χ4n) is 1.95. The van der Waals surface area contributed by atoms with Crippen LogP contribution in [0.1, 0.15) is 65.2 Å². The fraction of sp³-hybridized carbons (Fsp3) is 0.778. The van der Waals surface area contributed by atoms with Crippen LogP contribution in [0.5, 0.6) is 0 Å². The lowest BCUT2D eigenvalue weighted by atomic mass is 10.1. The Kier molecular flexibility index (Phi) is 14.4. The minimum Gasteiger partial charge on any atom is -0.464 e. The van der Waals surface area contributed by atoms with Gasteiger partial charge in [0.05, 0.1) is 13.2 Å². The number of esters is 1. The molecule has 0 aliphatic heterocycles. The first-order chi connectivity index (χ1) is 11.1. The number of ether oxygens (including phenoxy) is 2. The minimum atomic E-state index is -0.577. The molecule has 0 aromatic carbocycles. The summed E-state index contributed by atoms with van der Waals surface area (Å²) >= 11 is 0. The molecule has 1 amide bonds. The molecule has 5 heteroatoms. The van der Waals surface area contributed by atoms with Gasteiger partial charge in [-0.15, -0.1) is 6.58 Å². The van der Waals surface area contributed by atoms with Crippen molar-refractivity contribution in [1.82, 2.24) is 5.32 Å². The first-order valence-electron chi connectivity index (χ1n) is 8.73. The van der Waals surface area contributed by atoms with Crippen molar-refractivity contribution in [3.05, 3.63) is 12.7 Å². The minimum absolute atomic E-state index is 0.139. The van der Waals surface area contributed by atoms with Crippen LogP contribution >= 0.6 is 0 Å². The van der Waals surface area contributed by atoms with E-state index >= 15 is 0 Å². The lowest BCUT2D eigenvalue weighted by molar-refractivity contribution is -0.142. The summed E-state index contributed by atoms with van der Waals surface area (Å²) < 4.78 is 9.95. The monoisotopic (exact) mass is 327 g/mol. The van der Waals surface area contributed by atoms with Crippen LogP contribution in [0.3, 0.4) is 0 Å². The highest BCUT2D eigenvalue weighted by Gasteiger charge is 2.07. The SMILES string of the molecule is C=CCCCCCCCCCOC(=O)CNC(=O)OCC(C)C. The van der Waals surface area contributed by atoms with E-state index in [9.17, 15) is 9.59 Å². The van der Waals surface area contributed by atoms with Gasteiger partial charge in [-0.05, 0) is 25.2 Å². The molecule has 1 N–H and O–H groups in total. The number of hydrogen-bond donors (Lipinski definition) is 1. The number of alkyl carbamates (subject to hydrolysis) is 1. The molecule has 0 saturated carbocycles. The second-order valence-corrected chi connectivity index (χ2v) is 6.12. The molecule has 0 rings (SSSR count). The first-order valence-corrected chi connectivity index (χ1v) is 8.73. The Morgan fingerprint density at radius 3 is 2.22 bits per heavy atom. The van der Waals surface area contributed by atoms with Crippen LogP contribution < -0.4 is 5.32 Å². The Morgan fingerprint density at radius 2 is 1.61 bits per heavy atom.